The van der Waals surface area contributed by atoms with Crippen LogP contribution in [0.2, 0.25) is 0 Å². The van der Waals surface area contributed by atoms with E-state index in [1.165, 1.54) is 5.56 Å². The predicted molar refractivity (Wildman–Crippen MR) is 76.2 cm³/mol. The van der Waals surface area contributed by atoms with Crippen LogP contribution >= 0.6 is 12.2 Å². The van der Waals surface area contributed by atoms with E-state index in [2.05, 4.69) is 24.3 Å². The summed E-state index contributed by atoms with van der Waals surface area (Å²) >= 11 is 4.81. The molecule has 0 fully saturated rings. The fourth-order valence-electron chi connectivity index (χ4n) is 1.63. The van der Waals surface area contributed by atoms with E-state index in [0.717, 1.165) is 45.3 Å². The van der Waals surface area contributed by atoms with Gasteiger partial charge in [-0.1, -0.05) is 42.5 Å². The van der Waals surface area contributed by atoms with E-state index in [-0.39, 0.29) is 0 Å². The summed E-state index contributed by atoms with van der Waals surface area (Å²) in [5, 5.41) is 0. The second kappa shape index (κ2) is 9.14. The lowest BCUT2D eigenvalue weighted by Crippen LogP contribution is -2.07. The Kier molecular flexibility index (Phi) is 7.60. The van der Waals surface area contributed by atoms with Gasteiger partial charge in [0.1, 0.15) is 0 Å². The van der Waals surface area contributed by atoms with Gasteiger partial charge in [-0.05, 0) is 37.7 Å². The molecule has 94 valence electrons. The highest BCUT2D eigenvalue weighted by Gasteiger charge is 1.94. The van der Waals surface area contributed by atoms with Crippen LogP contribution in [0.5, 0.6) is 0 Å². The van der Waals surface area contributed by atoms with Crippen molar-refractivity contribution in [2.45, 2.75) is 32.1 Å². The zero-order valence-corrected chi connectivity index (χ0v) is 11.0. The molecule has 0 unspecified atom stereocenters. The van der Waals surface area contributed by atoms with Crippen LogP contribution in [0.4, 0.5) is 0 Å². The first kappa shape index (κ1) is 14.1. The predicted octanol–water partition coefficient (Wildman–Crippen LogP) is 3.09. The van der Waals surface area contributed by atoms with Crippen molar-refractivity contribution in [1.29, 1.82) is 0 Å². The first-order valence-corrected chi connectivity index (χ1v) is 6.60. The van der Waals surface area contributed by atoms with Crippen LogP contribution in [-0.2, 0) is 11.2 Å². The molecule has 0 saturated heterocycles. The Morgan fingerprint density at radius 1 is 1.06 bits per heavy atom. The van der Waals surface area contributed by atoms with Gasteiger partial charge in [-0.3, -0.25) is 0 Å². The van der Waals surface area contributed by atoms with Crippen molar-refractivity contribution in [3.63, 3.8) is 0 Å². The zero-order chi connectivity index (χ0) is 12.3. The molecule has 2 nitrogen and oxygen atoms in total. The maximum absolute atomic E-state index is 5.55. The number of ether oxygens (including phenoxy) is 1. The summed E-state index contributed by atoms with van der Waals surface area (Å²) in [6.45, 7) is 1.65. The minimum atomic E-state index is 0.606. The van der Waals surface area contributed by atoms with E-state index in [1.807, 2.05) is 6.07 Å². The molecule has 0 aliphatic heterocycles. The number of benzene rings is 1. The van der Waals surface area contributed by atoms with Gasteiger partial charge in [-0.2, -0.15) is 0 Å². The molecule has 0 spiro atoms. The summed E-state index contributed by atoms with van der Waals surface area (Å²) in [6, 6.07) is 10.5. The first-order chi connectivity index (χ1) is 8.29. The topological polar surface area (TPSA) is 35.2 Å². The van der Waals surface area contributed by atoms with Crippen molar-refractivity contribution in [2.75, 3.05) is 13.2 Å². The molecule has 1 aromatic carbocycles. The molecule has 0 radical (unpaired) electrons. The van der Waals surface area contributed by atoms with E-state index in [9.17, 15) is 0 Å². The molecule has 0 aromatic heterocycles. The Morgan fingerprint density at radius 3 is 2.47 bits per heavy atom. The smallest absolute Gasteiger partial charge is 0.0727 e. The summed E-state index contributed by atoms with van der Waals surface area (Å²) in [7, 11) is 0. The Bertz CT molecular complexity index is 313. The number of aryl methyl sites for hydroxylation is 1. The van der Waals surface area contributed by atoms with Gasteiger partial charge in [0.25, 0.3) is 0 Å². The van der Waals surface area contributed by atoms with Crippen LogP contribution in [0.15, 0.2) is 30.3 Å². The van der Waals surface area contributed by atoms with Crippen molar-refractivity contribution in [1.82, 2.24) is 0 Å². The third-order valence-corrected chi connectivity index (χ3v) is 2.76. The van der Waals surface area contributed by atoms with Gasteiger partial charge in [0.05, 0.1) is 4.99 Å². The number of unbranched alkanes of at least 4 members (excludes halogenated alkanes) is 1. The van der Waals surface area contributed by atoms with Gasteiger partial charge >= 0.3 is 0 Å². The molecular formula is C14H21NOS. The second-order valence-electron chi connectivity index (χ2n) is 4.12. The van der Waals surface area contributed by atoms with Crippen LogP contribution in [0.3, 0.4) is 0 Å². The van der Waals surface area contributed by atoms with Crippen LogP contribution in [0.1, 0.15) is 31.2 Å². The molecule has 0 aliphatic carbocycles. The van der Waals surface area contributed by atoms with Gasteiger partial charge in [0.2, 0.25) is 0 Å². The SMILES string of the molecule is NC(=S)CCCCOCCCc1ccccc1. The van der Waals surface area contributed by atoms with Crippen LogP contribution in [0, 0.1) is 0 Å². The molecular weight excluding hydrogens is 230 g/mol. The van der Waals surface area contributed by atoms with Crippen molar-refractivity contribution in [3.05, 3.63) is 35.9 Å². The molecule has 0 atom stereocenters. The minimum absolute atomic E-state index is 0.606. The molecule has 3 heteroatoms. The number of hydrogen-bond acceptors (Lipinski definition) is 2. The number of hydrogen-bond donors (Lipinski definition) is 1. The van der Waals surface area contributed by atoms with Gasteiger partial charge in [0, 0.05) is 13.2 Å². The summed E-state index contributed by atoms with van der Waals surface area (Å²) in [6.07, 6.45) is 5.09. The largest absolute Gasteiger partial charge is 0.393 e. The average Bonchev–Trinajstić information content (AvgIpc) is 2.33. The normalized spacial score (nSPS) is 10.4. The van der Waals surface area contributed by atoms with Crippen LogP contribution in [0.25, 0.3) is 0 Å². The third-order valence-electron chi connectivity index (χ3n) is 2.56. The lowest BCUT2D eigenvalue weighted by atomic mass is 10.1. The van der Waals surface area contributed by atoms with Crippen LogP contribution in [-0.4, -0.2) is 18.2 Å². The second-order valence-corrected chi connectivity index (χ2v) is 4.65. The van der Waals surface area contributed by atoms with Gasteiger partial charge < -0.3 is 10.5 Å². The monoisotopic (exact) mass is 251 g/mol. The Balaban J connectivity index is 1.90. The summed E-state index contributed by atoms with van der Waals surface area (Å²) in [4.78, 5) is 0.606. The van der Waals surface area contributed by atoms with Crippen LogP contribution < -0.4 is 5.73 Å². The fourth-order valence-corrected chi connectivity index (χ4v) is 1.77. The first-order valence-electron chi connectivity index (χ1n) is 6.19. The summed E-state index contributed by atoms with van der Waals surface area (Å²) in [5.74, 6) is 0. The van der Waals surface area contributed by atoms with E-state index in [0.29, 0.717) is 4.99 Å². The highest BCUT2D eigenvalue weighted by molar-refractivity contribution is 7.80. The van der Waals surface area contributed by atoms with Crippen molar-refractivity contribution >= 4 is 17.2 Å². The average molecular weight is 251 g/mol. The molecule has 0 heterocycles. The molecule has 0 aliphatic rings. The van der Waals surface area contributed by atoms with Crippen molar-refractivity contribution in [3.8, 4) is 0 Å². The van der Waals surface area contributed by atoms with Gasteiger partial charge in [-0.25, -0.2) is 0 Å². The number of nitrogens with two attached hydrogens (primary N) is 1. The molecule has 1 aromatic rings. The third kappa shape index (κ3) is 7.88. The highest BCUT2D eigenvalue weighted by Crippen LogP contribution is 2.03. The maximum Gasteiger partial charge on any atom is 0.0727 e. The number of thiocarbonyl (C=S) groups is 1. The van der Waals surface area contributed by atoms with Crippen molar-refractivity contribution < 1.29 is 4.74 Å². The standard InChI is InChI=1S/C14H21NOS/c15-14(17)10-4-5-11-16-12-6-9-13-7-2-1-3-8-13/h1-3,7-8H,4-6,9-12H2,(H2,15,17). The molecule has 2 N–H and O–H groups in total. The zero-order valence-electron chi connectivity index (χ0n) is 10.2. The molecule has 1 rings (SSSR count). The Hall–Kier alpha value is -0.930. The van der Waals surface area contributed by atoms with E-state index < -0.39 is 0 Å². The molecule has 0 saturated carbocycles. The molecule has 0 bridgehead atoms. The summed E-state index contributed by atoms with van der Waals surface area (Å²) < 4.78 is 5.55. The maximum atomic E-state index is 5.55. The molecule has 0 amide bonds. The minimum Gasteiger partial charge on any atom is -0.393 e. The highest BCUT2D eigenvalue weighted by atomic mass is 32.1. The summed E-state index contributed by atoms with van der Waals surface area (Å²) in [5.41, 5.74) is 6.79. The fraction of sp³-hybridized carbons (Fsp3) is 0.500. The van der Waals surface area contributed by atoms with Gasteiger partial charge in [-0.15, -0.1) is 0 Å². The quantitative estimate of drug-likeness (QED) is 0.541. The number of rotatable bonds is 9. The molecule has 17 heavy (non-hydrogen) atoms. The van der Waals surface area contributed by atoms with Crippen molar-refractivity contribution in [2.24, 2.45) is 5.73 Å². The Labute approximate surface area is 109 Å². The van der Waals surface area contributed by atoms with Gasteiger partial charge in [0.15, 0.2) is 0 Å². The van der Waals surface area contributed by atoms with E-state index >= 15 is 0 Å². The van der Waals surface area contributed by atoms with E-state index in [4.69, 9.17) is 22.7 Å². The lowest BCUT2D eigenvalue weighted by Gasteiger charge is -2.04. The lowest BCUT2D eigenvalue weighted by molar-refractivity contribution is 0.128. The van der Waals surface area contributed by atoms with E-state index in [1.54, 1.807) is 0 Å². The Morgan fingerprint density at radius 2 is 1.76 bits per heavy atom.